The second-order valence-corrected chi connectivity index (χ2v) is 9.02. The number of carbonyl (C=O) groups excluding carboxylic acids is 1. The second kappa shape index (κ2) is 11.1. The topological polar surface area (TPSA) is 94.1 Å². The van der Waals surface area contributed by atoms with Crippen molar-refractivity contribution < 1.29 is 13.6 Å². The van der Waals surface area contributed by atoms with Crippen LogP contribution in [0.1, 0.15) is 38.2 Å². The van der Waals surface area contributed by atoms with E-state index in [2.05, 4.69) is 51.7 Å². The molecule has 9 heteroatoms. The van der Waals surface area contributed by atoms with Gasteiger partial charge in [0.1, 0.15) is 0 Å². The van der Waals surface area contributed by atoms with Gasteiger partial charge in [0.25, 0.3) is 11.1 Å². The molecule has 1 amide bonds. The van der Waals surface area contributed by atoms with Gasteiger partial charge >= 0.3 is 0 Å². The number of thiazole rings is 1. The average molecular weight is 469 g/mol. The number of hydrogen-bond donors (Lipinski definition) is 1. The summed E-state index contributed by atoms with van der Waals surface area (Å²) in [4.78, 5) is 16.8. The summed E-state index contributed by atoms with van der Waals surface area (Å²) in [5, 5.41) is 13.5. The van der Waals surface area contributed by atoms with Crippen molar-refractivity contribution in [3.05, 3.63) is 53.6 Å². The summed E-state index contributed by atoms with van der Waals surface area (Å²) in [6.45, 7) is 2.23. The molecule has 166 valence electrons. The fraction of sp³-hybridized carbons (Fsp3) is 0.304. The van der Waals surface area contributed by atoms with Crippen LogP contribution in [-0.4, -0.2) is 26.8 Å². The maximum Gasteiger partial charge on any atom is 0.284 e. The Hall–Kier alpha value is -2.91. The van der Waals surface area contributed by atoms with Crippen molar-refractivity contribution in [1.29, 1.82) is 0 Å². The molecule has 0 radical (unpaired) electrons. The number of nitrogens with one attached hydrogen (secondary N) is 1. The number of anilines is 1. The summed E-state index contributed by atoms with van der Waals surface area (Å²) < 4.78 is 10.7. The van der Waals surface area contributed by atoms with E-state index >= 15 is 0 Å². The highest BCUT2D eigenvalue weighted by atomic mass is 32.2. The molecule has 32 heavy (non-hydrogen) atoms. The first-order chi connectivity index (χ1) is 15.7. The van der Waals surface area contributed by atoms with Gasteiger partial charge in [-0.05, 0) is 30.5 Å². The Bertz CT molecular complexity index is 1120. The Balaban J connectivity index is 1.26. The number of aryl methyl sites for hydroxylation is 1. The zero-order chi connectivity index (χ0) is 22.2. The molecule has 7 nitrogen and oxygen atoms in total. The molecular weight excluding hydrogens is 444 g/mol. The molecule has 0 saturated heterocycles. The van der Waals surface area contributed by atoms with Gasteiger partial charge in [-0.3, -0.25) is 4.79 Å². The highest BCUT2D eigenvalue weighted by Gasteiger charge is 2.14. The summed E-state index contributed by atoms with van der Waals surface area (Å²) in [6.07, 6.45) is 7.70. The van der Waals surface area contributed by atoms with Crippen LogP contribution in [0.15, 0.2) is 62.1 Å². The smallest absolute Gasteiger partial charge is 0.284 e. The third-order valence-corrected chi connectivity index (χ3v) is 6.36. The Morgan fingerprint density at radius 3 is 2.78 bits per heavy atom. The van der Waals surface area contributed by atoms with Crippen molar-refractivity contribution in [2.75, 3.05) is 11.1 Å². The first-order valence-corrected chi connectivity index (χ1v) is 12.4. The number of amides is 1. The molecule has 3 heterocycles. The fourth-order valence-corrected chi connectivity index (χ4v) is 4.41. The zero-order valence-electron chi connectivity index (χ0n) is 17.7. The Kier molecular flexibility index (Phi) is 7.73. The van der Waals surface area contributed by atoms with Gasteiger partial charge in [-0.2, -0.15) is 0 Å². The molecule has 0 fully saturated rings. The van der Waals surface area contributed by atoms with Crippen molar-refractivity contribution in [2.24, 2.45) is 0 Å². The molecule has 0 aliphatic heterocycles. The molecule has 0 unspecified atom stereocenters. The number of carbonyl (C=O) groups is 1. The average Bonchev–Trinajstić information content (AvgIpc) is 3.57. The van der Waals surface area contributed by atoms with Gasteiger partial charge in [-0.1, -0.05) is 62.2 Å². The molecule has 4 rings (SSSR count). The molecule has 0 bridgehead atoms. The van der Waals surface area contributed by atoms with E-state index in [-0.39, 0.29) is 17.6 Å². The number of nitrogens with zero attached hydrogens (tertiary/aromatic N) is 3. The van der Waals surface area contributed by atoms with Gasteiger partial charge in [0, 0.05) is 10.9 Å². The minimum Gasteiger partial charge on any atom is -0.459 e. The first-order valence-electron chi connectivity index (χ1n) is 10.6. The van der Waals surface area contributed by atoms with Crippen molar-refractivity contribution in [3.63, 3.8) is 0 Å². The second-order valence-electron chi connectivity index (χ2n) is 7.23. The molecule has 4 aromatic rings. The molecule has 0 spiro atoms. The van der Waals surface area contributed by atoms with E-state index in [1.165, 1.54) is 48.8 Å². The van der Waals surface area contributed by atoms with Gasteiger partial charge in [-0.15, -0.1) is 21.5 Å². The van der Waals surface area contributed by atoms with E-state index < -0.39 is 0 Å². The van der Waals surface area contributed by atoms with Crippen LogP contribution in [0.4, 0.5) is 5.13 Å². The van der Waals surface area contributed by atoms with Crippen LogP contribution in [0.5, 0.6) is 0 Å². The van der Waals surface area contributed by atoms with Gasteiger partial charge in [0.05, 0.1) is 17.7 Å². The quantitative estimate of drug-likeness (QED) is 0.204. The predicted octanol–water partition coefficient (Wildman–Crippen LogP) is 6.31. The number of rotatable bonds is 11. The van der Waals surface area contributed by atoms with E-state index in [4.69, 9.17) is 8.83 Å². The summed E-state index contributed by atoms with van der Waals surface area (Å²) in [5.74, 6) is 0.737. The maximum absolute atomic E-state index is 12.3. The van der Waals surface area contributed by atoms with E-state index in [1.807, 2.05) is 5.38 Å². The minimum atomic E-state index is -0.184. The number of benzene rings is 1. The molecule has 1 N–H and O–H groups in total. The fourth-order valence-electron chi connectivity index (χ4n) is 3.11. The number of hydrogen-bond acceptors (Lipinski definition) is 8. The van der Waals surface area contributed by atoms with E-state index in [9.17, 15) is 4.79 Å². The summed E-state index contributed by atoms with van der Waals surface area (Å²) in [6, 6.07) is 12.0. The van der Waals surface area contributed by atoms with Crippen LogP contribution in [0.2, 0.25) is 0 Å². The lowest BCUT2D eigenvalue weighted by molar-refractivity contribution is -0.113. The maximum atomic E-state index is 12.3. The number of furan rings is 1. The van der Waals surface area contributed by atoms with Crippen LogP contribution in [0.25, 0.3) is 22.9 Å². The zero-order valence-corrected chi connectivity index (χ0v) is 19.4. The lowest BCUT2D eigenvalue weighted by Crippen LogP contribution is -2.13. The SMILES string of the molecule is CCCCCCc1ccc(-c2csc(NC(=O)CSc3nnc(-c4ccco4)o3)n2)cc1. The van der Waals surface area contributed by atoms with Crippen LogP contribution in [0, 0.1) is 0 Å². The summed E-state index contributed by atoms with van der Waals surface area (Å²) >= 11 is 2.57. The number of unbranched alkanes of at least 4 members (excludes halogenated alkanes) is 3. The highest BCUT2D eigenvalue weighted by Crippen LogP contribution is 2.27. The van der Waals surface area contributed by atoms with Crippen molar-refractivity contribution in [2.45, 2.75) is 44.3 Å². The van der Waals surface area contributed by atoms with E-state index in [0.717, 1.165) is 29.4 Å². The van der Waals surface area contributed by atoms with Gasteiger partial charge in [-0.25, -0.2) is 4.98 Å². The normalized spacial score (nSPS) is 11.0. The van der Waals surface area contributed by atoms with Crippen molar-refractivity contribution in [1.82, 2.24) is 15.2 Å². The lowest BCUT2D eigenvalue weighted by atomic mass is 10.0. The molecule has 0 atom stereocenters. The van der Waals surface area contributed by atoms with Crippen LogP contribution >= 0.6 is 23.1 Å². The summed E-state index contributed by atoms with van der Waals surface area (Å²) in [7, 11) is 0. The standard InChI is InChI=1S/C23H24N4O3S2/c1-2-3-4-5-7-16-9-11-17(12-10-16)18-14-31-22(24-18)25-20(28)15-32-23-27-26-21(30-23)19-8-6-13-29-19/h6,8-14H,2-5,7,15H2,1H3,(H,24,25,28). The molecular formula is C23H24N4O3S2. The molecule has 0 aliphatic carbocycles. The van der Waals surface area contributed by atoms with Crippen LogP contribution < -0.4 is 5.32 Å². The van der Waals surface area contributed by atoms with Gasteiger partial charge in [0.2, 0.25) is 5.91 Å². The lowest BCUT2D eigenvalue weighted by Gasteiger charge is -2.03. The summed E-state index contributed by atoms with van der Waals surface area (Å²) in [5.41, 5.74) is 3.25. The largest absolute Gasteiger partial charge is 0.459 e. The first kappa shape index (κ1) is 22.3. The van der Waals surface area contributed by atoms with Gasteiger partial charge in [0.15, 0.2) is 10.9 Å². The molecule has 0 aliphatic rings. The Labute approximate surface area is 194 Å². The third kappa shape index (κ3) is 6.08. The molecule has 1 aromatic carbocycles. The number of aromatic nitrogens is 3. The van der Waals surface area contributed by atoms with Crippen molar-refractivity contribution >= 4 is 34.1 Å². The third-order valence-electron chi connectivity index (χ3n) is 4.78. The van der Waals surface area contributed by atoms with Gasteiger partial charge < -0.3 is 14.2 Å². The Morgan fingerprint density at radius 1 is 1.12 bits per heavy atom. The number of thioether (sulfide) groups is 1. The highest BCUT2D eigenvalue weighted by molar-refractivity contribution is 7.99. The minimum absolute atomic E-state index is 0.140. The van der Waals surface area contributed by atoms with Crippen molar-refractivity contribution in [3.8, 4) is 22.9 Å². The molecule has 3 aromatic heterocycles. The van der Waals surface area contributed by atoms with E-state index in [1.54, 1.807) is 12.1 Å². The Morgan fingerprint density at radius 2 is 2.00 bits per heavy atom. The molecule has 0 saturated carbocycles. The van der Waals surface area contributed by atoms with Crippen LogP contribution in [0.3, 0.4) is 0 Å². The van der Waals surface area contributed by atoms with E-state index in [0.29, 0.717) is 16.1 Å². The monoisotopic (exact) mass is 468 g/mol. The predicted molar refractivity (Wildman–Crippen MR) is 127 cm³/mol. The van der Waals surface area contributed by atoms with Crippen LogP contribution in [-0.2, 0) is 11.2 Å².